The Kier molecular flexibility index (Phi) is 4.34. The summed E-state index contributed by atoms with van der Waals surface area (Å²) in [5.74, 6) is -0.371. The highest BCUT2D eigenvalue weighted by atomic mass is 35.5. The molecule has 0 spiro atoms. The zero-order valence-corrected chi connectivity index (χ0v) is 10.6. The Balaban J connectivity index is 2.23. The van der Waals surface area contributed by atoms with Gasteiger partial charge in [-0.1, -0.05) is 41.9 Å². The molecule has 0 aliphatic heterocycles. The van der Waals surface area contributed by atoms with Crippen molar-refractivity contribution in [2.75, 3.05) is 6.61 Å². The van der Waals surface area contributed by atoms with Gasteiger partial charge in [-0.15, -0.1) is 0 Å². The molecule has 94 valence electrons. The summed E-state index contributed by atoms with van der Waals surface area (Å²) in [5, 5.41) is 10.1. The lowest BCUT2D eigenvalue weighted by molar-refractivity contribution is 0.264. The lowest BCUT2D eigenvalue weighted by atomic mass is 9.92. The molecule has 0 bridgehead atoms. The fourth-order valence-electron chi connectivity index (χ4n) is 2.03. The van der Waals surface area contributed by atoms with Gasteiger partial charge in [0.05, 0.1) is 6.61 Å². The molecule has 0 aliphatic rings. The van der Waals surface area contributed by atoms with Crippen molar-refractivity contribution < 1.29 is 9.50 Å². The molecule has 0 fully saturated rings. The molecule has 2 rings (SSSR count). The molecule has 0 aliphatic carbocycles. The van der Waals surface area contributed by atoms with Crippen LogP contribution in [0, 0.1) is 5.82 Å². The summed E-state index contributed by atoms with van der Waals surface area (Å²) in [4.78, 5) is 0. The molecule has 0 saturated carbocycles. The average Bonchev–Trinajstić information content (AvgIpc) is 2.37. The van der Waals surface area contributed by atoms with Gasteiger partial charge in [-0.2, -0.15) is 0 Å². The van der Waals surface area contributed by atoms with Crippen molar-refractivity contribution in [3.63, 3.8) is 0 Å². The number of rotatable bonds is 4. The number of hydrogen-bond acceptors (Lipinski definition) is 1. The fourth-order valence-corrected chi connectivity index (χ4v) is 2.32. The van der Waals surface area contributed by atoms with Crippen LogP contribution in [-0.4, -0.2) is 11.7 Å². The summed E-state index contributed by atoms with van der Waals surface area (Å²) in [7, 11) is 0. The van der Waals surface area contributed by atoms with E-state index >= 15 is 0 Å². The van der Waals surface area contributed by atoms with E-state index in [1.807, 2.05) is 24.3 Å². The van der Waals surface area contributed by atoms with E-state index in [-0.39, 0.29) is 18.3 Å². The number of halogens is 2. The molecule has 0 amide bonds. The Labute approximate surface area is 111 Å². The smallest absolute Gasteiger partial charge is 0.123 e. The predicted molar refractivity (Wildman–Crippen MR) is 71.4 cm³/mol. The Hall–Kier alpha value is -1.38. The lowest BCUT2D eigenvalue weighted by Crippen LogP contribution is -2.08. The minimum Gasteiger partial charge on any atom is -0.396 e. The van der Waals surface area contributed by atoms with Gasteiger partial charge < -0.3 is 5.11 Å². The molecule has 0 radical (unpaired) electrons. The third-order valence-corrected chi connectivity index (χ3v) is 3.28. The summed E-state index contributed by atoms with van der Waals surface area (Å²) in [6, 6.07) is 13.8. The van der Waals surface area contributed by atoms with Crippen molar-refractivity contribution in [1.82, 2.24) is 0 Å². The van der Waals surface area contributed by atoms with Gasteiger partial charge in [0, 0.05) is 10.9 Å². The Morgan fingerprint density at radius 2 is 1.89 bits per heavy atom. The minimum absolute atomic E-state index is 0.0136. The second kappa shape index (κ2) is 5.98. The molecular formula is C15H14ClFO. The van der Waals surface area contributed by atoms with Crippen LogP contribution in [0.1, 0.15) is 17.0 Å². The van der Waals surface area contributed by atoms with Gasteiger partial charge >= 0.3 is 0 Å². The van der Waals surface area contributed by atoms with Crippen molar-refractivity contribution in [3.8, 4) is 0 Å². The molecule has 1 nitrogen and oxygen atoms in total. The van der Waals surface area contributed by atoms with Gasteiger partial charge in [0.15, 0.2) is 0 Å². The largest absolute Gasteiger partial charge is 0.396 e. The second-order valence-electron chi connectivity index (χ2n) is 4.24. The molecule has 0 heterocycles. The molecule has 1 atom stereocenters. The zero-order chi connectivity index (χ0) is 13.0. The normalized spacial score (nSPS) is 12.4. The highest BCUT2D eigenvalue weighted by Gasteiger charge is 2.14. The number of benzene rings is 2. The monoisotopic (exact) mass is 264 g/mol. The highest BCUT2D eigenvalue weighted by molar-refractivity contribution is 6.31. The summed E-state index contributed by atoms with van der Waals surface area (Å²) >= 11 is 6.11. The van der Waals surface area contributed by atoms with E-state index in [1.54, 1.807) is 12.1 Å². The van der Waals surface area contributed by atoms with Gasteiger partial charge in [-0.3, -0.25) is 0 Å². The number of aliphatic hydroxyl groups is 1. The average molecular weight is 265 g/mol. The summed E-state index contributed by atoms with van der Waals surface area (Å²) in [6.45, 7) is -0.0136. The molecule has 0 aromatic heterocycles. The van der Waals surface area contributed by atoms with Crippen LogP contribution in [-0.2, 0) is 6.42 Å². The van der Waals surface area contributed by atoms with Crippen LogP contribution in [0.4, 0.5) is 4.39 Å². The van der Waals surface area contributed by atoms with Crippen molar-refractivity contribution in [2.24, 2.45) is 0 Å². The topological polar surface area (TPSA) is 20.2 Å². The third kappa shape index (κ3) is 3.09. The van der Waals surface area contributed by atoms with E-state index < -0.39 is 0 Å². The van der Waals surface area contributed by atoms with E-state index in [9.17, 15) is 9.50 Å². The molecule has 18 heavy (non-hydrogen) atoms. The van der Waals surface area contributed by atoms with Crippen LogP contribution in [0.2, 0.25) is 5.02 Å². The van der Waals surface area contributed by atoms with E-state index in [4.69, 9.17) is 11.6 Å². The second-order valence-corrected chi connectivity index (χ2v) is 4.64. The molecule has 1 unspecified atom stereocenters. The van der Waals surface area contributed by atoms with E-state index in [2.05, 4.69) is 0 Å². The molecular weight excluding hydrogens is 251 g/mol. The first-order valence-electron chi connectivity index (χ1n) is 5.80. The number of aliphatic hydroxyl groups excluding tert-OH is 1. The standard InChI is InChI=1S/C15H14ClFO/c16-15-7-2-1-6-14(15)12(10-18)8-11-4-3-5-13(17)9-11/h1-7,9,12,18H,8,10H2. The Morgan fingerprint density at radius 1 is 1.11 bits per heavy atom. The van der Waals surface area contributed by atoms with E-state index in [0.29, 0.717) is 11.4 Å². The van der Waals surface area contributed by atoms with Crippen LogP contribution in [0.15, 0.2) is 48.5 Å². The van der Waals surface area contributed by atoms with Gasteiger partial charge in [0.2, 0.25) is 0 Å². The van der Waals surface area contributed by atoms with Crippen LogP contribution in [0.25, 0.3) is 0 Å². The van der Waals surface area contributed by atoms with E-state index in [1.165, 1.54) is 12.1 Å². The molecule has 2 aromatic carbocycles. The summed E-state index contributed by atoms with van der Waals surface area (Å²) in [5.41, 5.74) is 1.75. The predicted octanol–water partition coefficient (Wildman–Crippen LogP) is 3.80. The molecule has 0 saturated heterocycles. The highest BCUT2D eigenvalue weighted by Crippen LogP contribution is 2.27. The maximum Gasteiger partial charge on any atom is 0.123 e. The van der Waals surface area contributed by atoms with Crippen LogP contribution in [0.5, 0.6) is 0 Å². The third-order valence-electron chi connectivity index (χ3n) is 2.94. The molecule has 1 N–H and O–H groups in total. The van der Waals surface area contributed by atoms with Crippen molar-refractivity contribution in [2.45, 2.75) is 12.3 Å². The molecule has 2 aromatic rings. The molecule has 3 heteroatoms. The van der Waals surface area contributed by atoms with Crippen molar-refractivity contribution in [3.05, 3.63) is 70.5 Å². The number of hydrogen-bond donors (Lipinski definition) is 1. The van der Waals surface area contributed by atoms with E-state index in [0.717, 1.165) is 11.1 Å². The first kappa shape index (κ1) is 13.1. The Morgan fingerprint density at radius 3 is 2.56 bits per heavy atom. The lowest BCUT2D eigenvalue weighted by Gasteiger charge is -2.16. The van der Waals surface area contributed by atoms with Crippen LogP contribution >= 0.6 is 11.6 Å². The van der Waals surface area contributed by atoms with Gasteiger partial charge in [-0.25, -0.2) is 4.39 Å². The maximum atomic E-state index is 13.1. The van der Waals surface area contributed by atoms with Crippen molar-refractivity contribution >= 4 is 11.6 Å². The van der Waals surface area contributed by atoms with Crippen LogP contribution in [0.3, 0.4) is 0 Å². The zero-order valence-electron chi connectivity index (χ0n) is 9.81. The Bertz CT molecular complexity index is 527. The van der Waals surface area contributed by atoms with Crippen molar-refractivity contribution in [1.29, 1.82) is 0 Å². The summed E-state index contributed by atoms with van der Waals surface area (Å²) in [6.07, 6.45) is 0.567. The van der Waals surface area contributed by atoms with Gasteiger partial charge in [0.25, 0.3) is 0 Å². The SMILES string of the molecule is OCC(Cc1cccc(F)c1)c1ccccc1Cl. The van der Waals surface area contributed by atoms with Crippen LogP contribution < -0.4 is 0 Å². The minimum atomic E-state index is -0.261. The summed E-state index contributed by atoms with van der Waals surface area (Å²) < 4.78 is 13.1. The fraction of sp³-hybridized carbons (Fsp3) is 0.200. The maximum absolute atomic E-state index is 13.1. The first-order valence-corrected chi connectivity index (χ1v) is 6.18. The quantitative estimate of drug-likeness (QED) is 0.891. The first-order chi connectivity index (χ1) is 8.70. The van der Waals surface area contributed by atoms with Gasteiger partial charge in [-0.05, 0) is 35.7 Å². The van der Waals surface area contributed by atoms with Gasteiger partial charge in [0.1, 0.15) is 5.82 Å².